The van der Waals surface area contributed by atoms with Crippen molar-refractivity contribution in [1.29, 1.82) is 0 Å². The number of benzene rings is 1. The number of aromatic nitrogens is 2. The number of para-hydroxylation sites is 1. The number of hydrazine groups is 1. The topological polar surface area (TPSA) is 73.1 Å². The summed E-state index contributed by atoms with van der Waals surface area (Å²) in [6.45, 7) is 5.10. The first-order chi connectivity index (χ1) is 10.3. The minimum absolute atomic E-state index is 0.380. The van der Waals surface area contributed by atoms with E-state index in [2.05, 4.69) is 29.2 Å². The van der Waals surface area contributed by atoms with E-state index < -0.39 is 0 Å². The van der Waals surface area contributed by atoms with E-state index in [-0.39, 0.29) is 0 Å². The Morgan fingerprint density at radius 3 is 2.76 bits per heavy atom. The number of ether oxygens (including phenoxy) is 1. The molecule has 3 N–H and O–H groups in total. The Balaban J connectivity index is 2.16. The number of nitrogens with two attached hydrogens (primary N) is 1. The van der Waals surface area contributed by atoms with Gasteiger partial charge in [-0.25, -0.2) is 10.8 Å². The van der Waals surface area contributed by atoms with Crippen LogP contribution < -0.4 is 16.0 Å². The van der Waals surface area contributed by atoms with Crippen LogP contribution in [0.4, 0.5) is 5.95 Å². The Hall–Kier alpha value is -1.88. The van der Waals surface area contributed by atoms with Gasteiger partial charge in [0.25, 0.3) is 0 Å². The molecule has 0 radical (unpaired) electrons. The predicted molar refractivity (Wildman–Crippen MR) is 86.1 cm³/mol. The Labute approximate surface area is 125 Å². The molecule has 0 spiro atoms. The van der Waals surface area contributed by atoms with Gasteiger partial charge in [0, 0.05) is 0 Å². The summed E-state index contributed by atoms with van der Waals surface area (Å²) in [5.74, 6) is 6.97. The molecule has 0 bridgehead atoms. The molecule has 1 aromatic carbocycles. The molecule has 5 nitrogen and oxygen atoms in total. The van der Waals surface area contributed by atoms with Crippen molar-refractivity contribution in [2.45, 2.75) is 39.5 Å². The maximum atomic E-state index is 5.97. The van der Waals surface area contributed by atoms with Crippen molar-refractivity contribution in [3.05, 3.63) is 24.3 Å². The van der Waals surface area contributed by atoms with Crippen molar-refractivity contribution in [2.24, 2.45) is 11.8 Å². The molecule has 1 atom stereocenters. The molecule has 0 aliphatic rings. The molecule has 1 heterocycles. The summed E-state index contributed by atoms with van der Waals surface area (Å²) in [5.41, 5.74) is 3.32. The molecular weight excluding hydrogens is 264 g/mol. The van der Waals surface area contributed by atoms with E-state index in [9.17, 15) is 0 Å². The van der Waals surface area contributed by atoms with Gasteiger partial charge in [-0.1, -0.05) is 45.2 Å². The monoisotopic (exact) mass is 288 g/mol. The molecule has 0 aliphatic carbocycles. The zero-order valence-electron chi connectivity index (χ0n) is 12.8. The van der Waals surface area contributed by atoms with Gasteiger partial charge >= 0.3 is 0 Å². The quantitative estimate of drug-likeness (QED) is 0.574. The fraction of sp³-hybridized carbons (Fsp3) is 0.500. The first kappa shape index (κ1) is 15.5. The maximum absolute atomic E-state index is 5.97. The molecule has 0 saturated carbocycles. The van der Waals surface area contributed by atoms with E-state index in [1.54, 1.807) is 0 Å². The number of nitrogens with zero attached hydrogens (tertiary/aromatic N) is 2. The highest BCUT2D eigenvalue weighted by Gasteiger charge is 2.11. The van der Waals surface area contributed by atoms with Crippen molar-refractivity contribution in [1.82, 2.24) is 9.97 Å². The number of rotatable bonds is 8. The number of fused-ring (bicyclic) bond motifs is 1. The van der Waals surface area contributed by atoms with Crippen molar-refractivity contribution in [3.63, 3.8) is 0 Å². The number of hydrogen-bond acceptors (Lipinski definition) is 5. The maximum Gasteiger partial charge on any atom is 0.241 e. The summed E-state index contributed by atoms with van der Waals surface area (Å²) in [6, 6.07) is 7.80. The summed E-state index contributed by atoms with van der Waals surface area (Å²) < 4.78 is 5.97. The first-order valence-electron chi connectivity index (χ1n) is 7.64. The largest absolute Gasteiger partial charge is 0.477 e. The van der Waals surface area contributed by atoms with Crippen molar-refractivity contribution in [3.8, 4) is 5.88 Å². The van der Waals surface area contributed by atoms with Crippen LogP contribution in [0.2, 0.25) is 0 Å². The van der Waals surface area contributed by atoms with Crippen LogP contribution in [0.25, 0.3) is 10.9 Å². The van der Waals surface area contributed by atoms with Gasteiger partial charge in [-0.2, -0.15) is 4.98 Å². The average molecular weight is 288 g/mol. The van der Waals surface area contributed by atoms with Gasteiger partial charge in [-0.3, -0.25) is 5.43 Å². The van der Waals surface area contributed by atoms with E-state index in [1.165, 1.54) is 19.3 Å². The minimum Gasteiger partial charge on any atom is -0.477 e. The standard InChI is InChI=1S/C16H24N4O/c1-3-5-8-12(4-2)11-21-15-13-9-6-7-10-14(13)18-16(19-15)20-17/h6-7,9-10,12H,3-5,8,11,17H2,1-2H3,(H,18,19,20). The third-order valence-corrected chi connectivity index (χ3v) is 3.70. The van der Waals surface area contributed by atoms with Gasteiger partial charge < -0.3 is 4.74 Å². The lowest BCUT2D eigenvalue weighted by molar-refractivity contribution is 0.228. The number of hydrogen-bond donors (Lipinski definition) is 2. The van der Waals surface area contributed by atoms with Crippen LogP contribution in [0.5, 0.6) is 5.88 Å². The lowest BCUT2D eigenvalue weighted by Crippen LogP contribution is -2.14. The summed E-state index contributed by atoms with van der Waals surface area (Å²) in [4.78, 5) is 8.66. The van der Waals surface area contributed by atoms with Crippen molar-refractivity contribution < 1.29 is 4.74 Å². The highest BCUT2D eigenvalue weighted by atomic mass is 16.5. The zero-order chi connectivity index (χ0) is 15.1. The fourth-order valence-corrected chi connectivity index (χ4v) is 2.32. The summed E-state index contributed by atoms with van der Waals surface area (Å²) in [5, 5.41) is 0.918. The van der Waals surface area contributed by atoms with E-state index in [0.717, 1.165) is 17.3 Å². The number of nitrogens with one attached hydrogen (secondary N) is 1. The second-order valence-electron chi connectivity index (χ2n) is 5.24. The van der Waals surface area contributed by atoms with Crippen LogP contribution in [-0.4, -0.2) is 16.6 Å². The Kier molecular flexibility index (Phi) is 5.75. The van der Waals surface area contributed by atoms with Crippen molar-refractivity contribution >= 4 is 16.9 Å². The van der Waals surface area contributed by atoms with Crippen LogP contribution >= 0.6 is 0 Å². The molecule has 0 amide bonds. The molecule has 1 unspecified atom stereocenters. The van der Waals surface area contributed by atoms with Crippen LogP contribution in [-0.2, 0) is 0 Å². The van der Waals surface area contributed by atoms with E-state index in [0.29, 0.717) is 24.4 Å². The van der Waals surface area contributed by atoms with E-state index in [4.69, 9.17) is 10.6 Å². The fourth-order valence-electron chi connectivity index (χ4n) is 2.32. The van der Waals surface area contributed by atoms with Crippen LogP contribution in [0.1, 0.15) is 39.5 Å². The molecule has 21 heavy (non-hydrogen) atoms. The predicted octanol–water partition coefficient (Wildman–Crippen LogP) is 3.51. The van der Waals surface area contributed by atoms with Crippen LogP contribution in [0.15, 0.2) is 24.3 Å². The SMILES string of the molecule is CCCCC(CC)COc1nc(NN)nc2ccccc12. The highest BCUT2D eigenvalue weighted by Crippen LogP contribution is 2.24. The molecule has 0 aliphatic heterocycles. The second-order valence-corrected chi connectivity index (χ2v) is 5.24. The summed E-state index contributed by atoms with van der Waals surface area (Å²) in [6.07, 6.45) is 4.76. The molecule has 0 saturated heterocycles. The minimum atomic E-state index is 0.380. The van der Waals surface area contributed by atoms with Gasteiger partial charge in [0.1, 0.15) is 0 Å². The lowest BCUT2D eigenvalue weighted by Gasteiger charge is -2.16. The molecule has 5 heteroatoms. The number of unbranched alkanes of at least 4 members (excludes halogenated alkanes) is 1. The van der Waals surface area contributed by atoms with Gasteiger partial charge in [-0.15, -0.1) is 0 Å². The van der Waals surface area contributed by atoms with E-state index in [1.807, 2.05) is 24.3 Å². The second kappa shape index (κ2) is 7.78. The molecule has 1 aromatic heterocycles. The van der Waals surface area contributed by atoms with Gasteiger partial charge in [0.2, 0.25) is 11.8 Å². The number of nitrogen functional groups attached to an aromatic ring is 1. The Bertz CT molecular complexity index is 573. The Morgan fingerprint density at radius 2 is 2.05 bits per heavy atom. The number of anilines is 1. The van der Waals surface area contributed by atoms with Crippen molar-refractivity contribution in [2.75, 3.05) is 12.0 Å². The Morgan fingerprint density at radius 1 is 1.24 bits per heavy atom. The van der Waals surface area contributed by atoms with Gasteiger partial charge in [0.15, 0.2) is 0 Å². The van der Waals surface area contributed by atoms with Crippen LogP contribution in [0, 0.1) is 5.92 Å². The van der Waals surface area contributed by atoms with Gasteiger partial charge in [0.05, 0.1) is 17.5 Å². The molecule has 2 rings (SSSR count). The normalized spacial score (nSPS) is 12.3. The average Bonchev–Trinajstić information content (AvgIpc) is 2.54. The summed E-state index contributed by atoms with van der Waals surface area (Å²) in [7, 11) is 0. The van der Waals surface area contributed by atoms with Gasteiger partial charge in [-0.05, 0) is 24.5 Å². The third-order valence-electron chi connectivity index (χ3n) is 3.70. The smallest absolute Gasteiger partial charge is 0.241 e. The van der Waals surface area contributed by atoms with E-state index >= 15 is 0 Å². The third kappa shape index (κ3) is 4.04. The first-order valence-corrected chi connectivity index (χ1v) is 7.64. The zero-order valence-corrected chi connectivity index (χ0v) is 12.8. The highest BCUT2D eigenvalue weighted by molar-refractivity contribution is 5.84. The molecular formula is C16H24N4O. The molecule has 2 aromatic rings. The molecule has 0 fully saturated rings. The van der Waals surface area contributed by atoms with Crippen LogP contribution in [0.3, 0.4) is 0 Å². The lowest BCUT2D eigenvalue weighted by atomic mass is 10.0. The summed E-state index contributed by atoms with van der Waals surface area (Å²) >= 11 is 0. The molecule has 114 valence electrons.